The van der Waals surface area contributed by atoms with E-state index in [1.54, 1.807) is 11.8 Å². The van der Waals surface area contributed by atoms with E-state index in [9.17, 15) is 52.5 Å². The van der Waals surface area contributed by atoms with Gasteiger partial charge >= 0.3 is 23.3 Å². The van der Waals surface area contributed by atoms with Gasteiger partial charge in [-0.3, -0.25) is 0 Å². The smallest absolute Gasteiger partial charge is 0.460 e. The quantitative estimate of drug-likeness (QED) is 0.0810. The number of rotatable bonds is 12. The van der Waals surface area contributed by atoms with E-state index in [-0.39, 0.29) is 10.9 Å². The number of benzene rings is 3. The molecule has 3 aromatic rings. The van der Waals surface area contributed by atoms with Crippen LogP contribution in [0.3, 0.4) is 0 Å². The summed E-state index contributed by atoms with van der Waals surface area (Å²) in [5, 5.41) is -7.11. The lowest BCUT2D eigenvalue weighted by atomic mass is 9.97. The third kappa shape index (κ3) is 8.52. The first-order valence-electron chi connectivity index (χ1n) is 13.0. The van der Waals surface area contributed by atoms with Gasteiger partial charge in [-0.05, 0) is 62.4 Å². The molecule has 0 amide bonds. The van der Waals surface area contributed by atoms with E-state index in [4.69, 9.17) is 9.47 Å². The van der Waals surface area contributed by atoms with Crippen molar-refractivity contribution in [2.75, 3.05) is 25.7 Å². The lowest BCUT2D eigenvalue weighted by Crippen LogP contribution is -2.63. The van der Waals surface area contributed by atoms with Crippen molar-refractivity contribution >= 4 is 32.8 Å². The molecule has 46 heavy (non-hydrogen) atoms. The molecule has 0 aromatic heterocycles. The molecule has 0 aliphatic heterocycles. The molecular formula is C29H29F9O5S3. The summed E-state index contributed by atoms with van der Waals surface area (Å²) in [5.74, 6) is -15.7. The lowest BCUT2D eigenvalue weighted by molar-refractivity contribution is -0.382. The van der Waals surface area contributed by atoms with Gasteiger partial charge in [0.25, 0.3) is 0 Å². The molecule has 0 saturated carbocycles. The minimum atomic E-state index is -7.43. The zero-order valence-electron chi connectivity index (χ0n) is 24.6. The Morgan fingerprint density at radius 3 is 1.46 bits per heavy atom. The topological polar surface area (TPSA) is 75.7 Å². The highest BCUT2D eigenvalue weighted by Gasteiger charge is 2.83. The van der Waals surface area contributed by atoms with E-state index in [1.807, 2.05) is 19.9 Å². The molecule has 256 valence electrons. The second-order valence-corrected chi connectivity index (χ2v) is 14.1. The summed E-state index contributed by atoms with van der Waals surface area (Å²) in [4.78, 5) is 3.76. The zero-order valence-corrected chi connectivity index (χ0v) is 27.0. The second kappa shape index (κ2) is 15.2. The molecule has 0 spiro atoms. The molecule has 0 saturated heterocycles. The van der Waals surface area contributed by atoms with Crippen molar-refractivity contribution < 1.29 is 62.0 Å². The average Bonchev–Trinajstić information content (AvgIpc) is 2.97. The van der Waals surface area contributed by atoms with Gasteiger partial charge in [0.1, 0.15) is 12.5 Å². The number of halogens is 9. The molecule has 0 aliphatic carbocycles. The first-order chi connectivity index (χ1) is 21.1. The van der Waals surface area contributed by atoms with Crippen LogP contribution in [-0.4, -0.2) is 62.0 Å². The van der Waals surface area contributed by atoms with Gasteiger partial charge in [-0.1, -0.05) is 42.1 Å². The van der Waals surface area contributed by atoms with E-state index in [2.05, 4.69) is 85.3 Å². The van der Waals surface area contributed by atoms with E-state index in [0.29, 0.717) is 13.2 Å². The molecule has 0 bridgehead atoms. The maximum absolute atomic E-state index is 12.2. The van der Waals surface area contributed by atoms with Crippen LogP contribution in [0.2, 0.25) is 0 Å². The summed E-state index contributed by atoms with van der Waals surface area (Å²) in [6.45, 7) is 5.15. The molecule has 0 unspecified atom stereocenters. The molecule has 0 atom stereocenters. The fraction of sp³-hybridized carbons (Fsp3) is 0.379. The molecule has 0 N–H and O–H groups in total. The molecule has 3 aromatic carbocycles. The third-order valence-corrected chi connectivity index (χ3v) is 9.16. The number of hydrogen-bond acceptors (Lipinski definition) is 6. The van der Waals surface area contributed by atoms with Gasteiger partial charge in [0.05, 0.1) is 0 Å². The van der Waals surface area contributed by atoms with Gasteiger partial charge in [-0.15, -0.1) is 0 Å². The van der Waals surface area contributed by atoms with Crippen LogP contribution in [0.4, 0.5) is 39.5 Å². The summed E-state index contributed by atoms with van der Waals surface area (Å²) in [6.07, 6.45) is -2.70. The molecule has 5 nitrogen and oxygen atoms in total. The average molecular weight is 725 g/mol. The fourth-order valence-corrected chi connectivity index (χ4v) is 5.74. The van der Waals surface area contributed by atoms with Crippen LogP contribution >= 0.6 is 11.8 Å². The Hall–Kier alpha value is -2.44. The van der Waals surface area contributed by atoms with Crippen molar-refractivity contribution in [1.29, 1.82) is 0 Å². The van der Waals surface area contributed by atoms with Gasteiger partial charge in [0, 0.05) is 45.0 Å². The van der Waals surface area contributed by atoms with E-state index in [0.717, 1.165) is 11.1 Å². The first kappa shape index (κ1) is 39.7. The molecule has 0 aliphatic rings. The van der Waals surface area contributed by atoms with Gasteiger partial charge < -0.3 is 14.0 Å². The van der Waals surface area contributed by atoms with Gasteiger partial charge in [0.15, 0.2) is 15.0 Å². The van der Waals surface area contributed by atoms with Crippen molar-refractivity contribution in [3.05, 3.63) is 90.0 Å². The standard InChI is InChI=1S/C25H29O2S2.C4HF9O3S/c1-5-26-25(27-6-2,21-14-18-24(19-15-21)29(3)4)20-12-16-23(17-13-20)28-22-10-8-7-9-11-22;5-1(6,3(9,10)11)2(7,8)4(12,13)17(14,15)16/h7-19H,5-6H2,1-4H3;(H,14,15,16)/q+1;/p-1. The SMILES string of the molecule is CCOC(OCC)(c1ccc(Sc2ccccc2)cc1)c1ccc([S+](C)C)cc1.O=S(=O)([O-])C(F)(F)C(F)(F)C(F)(F)C(F)(F)F. The van der Waals surface area contributed by atoms with E-state index in [1.165, 1.54) is 14.7 Å². The van der Waals surface area contributed by atoms with Gasteiger partial charge in [-0.2, -0.15) is 39.5 Å². The van der Waals surface area contributed by atoms with Crippen molar-refractivity contribution in [2.45, 2.75) is 57.6 Å². The minimum absolute atomic E-state index is 0.227. The summed E-state index contributed by atoms with van der Waals surface area (Å²) in [6, 6.07) is 27.6. The van der Waals surface area contributed by atoms with Crippen LogP contribution < -0.4 is 0 Å². The van der Waals surface area contributed by atoms with Crippen LogP contribution in [-0.2, 0) is 36.3 Å². The summed E-state index contributed by atoms with van der Waals surface area (Å²) < 4.78 is 148. The molecule has 17 heteroatoms. The van der Waals surface area contributed by atoms with Crippen LogP contribution in [0.5, 0.6) is 0 Å². The zero-order chi connectivity index (χ0) is 35.2. The summed E-state index contributed by atoms with van der Waals surface area (Å²) >= 11 is 1.75. The van der Waals surface area contributed by atoms with E-state index >= 15 is 0 Å². The van der Waals surface area contributed by atoms with Gasteiger partial charge in [0.2, 0.25) is 5.79 Å². The highest BCUT2D eigenvalue weighted by Crippen LogP contribution is 2.54. The first-order valence-corrected chi connectivity index (χ1v) is 17.3. The fourth-order valence-electron chi connectivity index (χ4n) is 3.78. The largest absolute Gasteiger partial charge is 0.743 e. The van der Waals surface area contributed by atoms with E-state index < -0.39 is 39.2 Å². The highest BCUT2D eigenvalue weighted by atomic mass is 32.2. The second-order valence-electron chi connectivity index (χ2n) is 9.38. The maximum atomic E-state index is 12.2. The van der Waals surface area contributed by atoms with Crippen molar-refractivity contribution in [1.82, 2.24) is 0 Å². The Bertz CT molecular complexity index is 1490. The number of alkyl halides is 9. The van der Waals surface area contributed by atoms with Crippen molar-refractivity contribution in [3.8, 4) is 0 Å². The van der Waals surface area contributed by atoms with Crippen molar-refractivity contribution in [2.24, 2.45) is 0 Å². The van der Waals surface area contributed by atoms with Crippen molar-refractivity contribution in [3.63, 3.8) is 0 Å². The van der Waals surface area contributed by atoms with Crippen LogP contribution in [0.1, 0.15) is 25.0 Å². The number of ether oxygens (including phenoxy) is 2. The highest BCUT2D eigenvalue weighted by molar-refractivity contribution is 7.99. The summed E-state index contributed by atoms with van der Waals surface area (Å²) in [7, 11) is -7.19. The molecular weight excluding hydrogens is 695 g/mol. The predicted molar refractivity (Wildman–Crippen MR) is 156 cm³/mol. The molecule has 0 fully saturated rings. The normalized spacial score (nSPS) is 13.4. The Labute approximate surface area is 267 Å². The maximum Gasteiger partial charge on any atom is 0.460 e. The molecule has 0 radical (unpaired) electrons. The molecule has 0 heterocycles. The Kier molecular flexibility index (Phi) is 13.1. The monoisotopic (exact) mass is 724 g/mol. The van der Waals surface area contributed by atoms with Crippen LogP contribution in [0.25, 0.3) is 0 Å². The van der Waals surface area contributed by atoms with Gasteiger partial charge in [-0.25, -0.2) is 8.42 Å². The Balaban J connectivity index is 0.000000372. The lowest BCUT2D eigenvalue weighted by Gasteiger charge is -2.34. The molecule has 3 rings (SSSR count). The van der Waals surface area contributed by atoms with Crippen LogP contribution in [0, 0.1) is 0 Å². The summed E-state index contributed by atoms with van der Waals surface area (Å²) in [5.41, 5.74) is 2.04. The Morgan fingerprint density at radius 1 is 0.674 bits per heavy atom. The third-order valence-electron chi connectivity index (χ3n) is 6.04. The predicted octanol–water partition coefficient (Wildman–Crippen LogP) is 8.31. The number of hydrogen-bond donors (Lipinski definition) is 0. The minimum Gasteiger partial charge on any atom is -0.743 e. The Morgan fingerprint density at radius 2 is 1.09 bits per heavy atom. The van der Waals surface area contributed by atoms with Crippen LogP contribution in [0.15, 0.2) is 93.5 Å².